The first-order valence-electron chi connectivity index (χ1n) is 10.9. The molecule has 0 radical (unpaired) electrons. The predicted molar refractivity (Wildman–Crippen MR) is 124 cm³/mol. The summed E-state index contributed by atoms with van der Waals surface area (Å²) in [7, 11) is 0. The standard InChI is InChI=1S/C27H31NO3/c1-3-27(30,4-2)25(28-26(29)23-13-9-6-10-14-23)19-21-15-17-24(18-16-21)31-20-22-11-7-5-8-12-22/h5-18,25,30H,3-4,19-20H2,1-2H3,(H,28,29)/t25-/m0/s1. The summed E-state index contributed by atoms with van der Waals surface area (Å²) in [5.74, 6) is 0.618. The highest BCUT2D eigenvalue weighted by Gasteiger charge is 2.34. The van der Waals surface area contributed by atoms with Crippen molar-refractivity contribution >= 4 is 5.91 Å². The van der Waals surface area contributed by atoms with Crippen molar-refractivity contribution in [2.45, 2.75) is 51.4 Å². The van der Waals surface area contributed by atoms with E-state index in [-0.39, 0.29) is 5.91 Å². The maximum absolute atomic E-state index is 12.8. The van der Waals surface area contributed by atoms with Gasteiger partial charge in [-0.2, -0.15) is 0 Å². The van der Waals surface area contributed by atoms with E-state index in [0.717, 1.165) is 16.9 Å². The molecule has 0 aromatic heterocycles. The molecule has 0 bridgehead atoms. The molecule has 0 heterocycles. The minimum absolute atomic E-state index is 0.172. The summed E-state index contributed by atoms with van der Waals surface area (Å²) < 4.78 is 5.86. The molecule has 0 aliphatic rings. The van der Waals surface area contributed by atoms with Gasteiger partial charge >= 0.3 is 0 Å². The van der Waals surface area contributed by atoms with Crippen molar-refractivity contribution in [1.82, 2.24) is 5.32 Å². The second-order valence-electron chi connectivity index (χ2n) is 7.83. The van der Waals surface area contributed by atoms with Crippen LogP contribution in [0, 0.1) is 0 Å². The molecule has 162 valence electrons. The Morgan fingerprint density at radius 1 is 0.871 bits per heavy atom. The fraction of sp³-hybridized carbons (Fsp3) is 0.296. The lowest BCUT2D eigenvalue weighted by molar-refractivity contribution is -0.00491. The van der Waals surface area contributed by atoms with E-state index in [2.05, 4.69) is 5.32 Å². The summed E-state index contributed by atoms with van der Waals surface area (Å²) in [6, 6.07) is 26.6. The fourth-order valence-corrected chi connectivity index (χ4v) is 3.65. The second kappa shape index (κ2) is 10.8. The third-order valence-electron chi connectivity index (χ3n) is 5.83. The lowest BCUT2D eigenvalue weighted by Gasteiger charge is -2.35. The summed E-state index contributed by atoms with van der Waals surface area (Å²) in [5.41, 5.74) is 1.76. The molecule has 4 nitrogen and oxygen atoms in total. The molecule has 1 amide bonds. The average Bonchev–Trinajstić information content (AvgIpc) is 2.83. The van der Waals surface area contributed by atoms with Crippen LogP contribution < -0.4 is 10.1 Å². The van der Waals surface area contributed by atoms with Crippen molar-refractivity contribution in [3.05, 3.63) is 102 Å². The van der Waals surface area contributed by atoms with E-state index in [9.17, 15) is 9.90 Å². The van der Waals surface area contributed by atoms with Crippen molar-refractivity contribution < 1.29 is 14.6 Å². The van der Waals surface area contributed by atoms with E-state index < -0.39 is 11.6 Å². The first kappa shape index (κ1) is 22.6. The van der Waals surface area contributed by atoms with Gasteiger partial charge in [-0.05, 0) is 54.7 Å². The zero-order valence-corrected chi connectivity index (χ0v) is 18.3. The predicted octanol–water partition coefficient (Wildman–Crippen LogP) is 5.16. The molecule has 0 unspecified atom stereocenters. The molecule has 4 heteroatoms. The van der Waals surface area contributed by atoms with E-state index in [1.165, 1.54) is 0 Å². The maximum Gasteiger partial charge on any atom is 0.251 e. The van der Waals surface area contributed by atoms with Gasteiger partial charge in [-0.3, -0.25) is 4.79 Å². The van der Waals surface area contributed by atoms with Crippen molar-refractivity contribution in [1.29, 1.82) is 0 Å². The molecule has 0 saturated heterocycles. The Hall–Kier alpha value is -3.11. The molecule has 0 spiro atoms. The molecule has 0 saturated carbocycles. The van der Waals surface area contributed by atoms with Gasteiger partial charge in [-0.15, -0.1) is 0 Å². The highest BCUT2D eigenvalue weighted by atomic mass is 16.5. The van der Waals surface area contributed by atoms with Crippen molar-refractivity contribution in [3.63, 3.8) is 0 Å². The van der Waals surface area contributed by atoms with E-state index in [0.29, 0.717) is 31.4 Å². The Bertz CT molecular complexity index is 935. The number of carbonyl (C=O) groups is 1. The van der Waals surface area contributed by atoms with Crippen LogP contribution in [0.3, 0.4) is 0 Å². The third-order valence-corrected chi connectivity index (χ3v) is 5.83. The molecule has 3 rings (SSSR count). The van der Waals surface area contributed by atoms with Gasteiger partial charge in [0, 0.05) is 5.56 Å². The van der Waals surface area contributed by atoms with Gasteiger partial charge in [-0.25, -0.2) is 0 Å². The summed E-state index contributed by atoms with van der Waals surface area (Å²) in [6.45, 7) is 4.42. The summed E-state index contributed by atoms with van der Waals surface area (Å²) in [5, 5.41) is 14.2. The summed E-state index contributed by atoms with van der Waals surface area (Å²) >= 11 is 0. The van der Waals surface area contributed by atoms with Gasteiger partial charge in [0.25, 0.3) is 5.91 Å². The van der Waals surface area contributed by atoms with Gasteiger partial charge < -0.3 is 15.2 Å². The minimum atomic E-state index is -0.979. The van der Waals surface area contributed by atoms with E-state index in [1.807, 2.05) is 86.6 Å². The van der Waals surface area contributed by atoms with Crippen LogP contribution in [0.2, 0.25) is 0 Å². The number of carbonyl (C=O) groups excluding carboxylic acids is 1. The zero-order valence-electron chi connectivity index (χ0n) is 18.3. The number of hydrogen-bond donors (Lipinski definition) is 2. The molecule has 2 N–H and O–H groups in total. The number of benzene rings is 3. The fourth-order valence-electron chi connectivity index (χ4n) is 3.65. The average molecular weight is 418 g/mol. The van der Waals surface area contributed by atoms with Crippen LogP contribution in [0.4, 0.5) is 0 Å². The van der Waals surface area contributed by atoms with Gasteiger partial charge in [0.05, 0.1) is 11.6 Å². The van der Waals surface area contributed by atoms with Crippen molar-refractivity contribution in [3.8, 4) is 5.75 Å². The smallest absolute Gasteiger partial charge is 0.251 e. The van der Waals surface area contributed by atoms with Gasteiger partial charge in [0.15, 0.2) is 0 Å². The van der Waals surface area contributed by atoms with Gasteiger partial charge in [0.1, 0.15) is 12.4 Å². The topological polar surface area (TPSA) is 58.6 Å². The van der Waals surface area contributed by atoms with E-state index >= 15 is 0 Å². The van der Waals surface area contributed by atoms with Crippen LogP contribution in [0.25, 0.3) is 0 Å². The Balaban J connectivity index is 1.69. The van der Waals surface area contributed by atoms with Crippen LogP contribution in [0.1, 0.15) is 48.2 Å². The molecular formula is C27H31NO3. The van der Waals surface area contributed by atoms with Gasteiger partial charge in [0.2, 0.25) is 0 Å². The normalized spacial score (nSPS) is 12.2. The molecule has 31 heavy (non-hydrogen) atoms. The number of aliphatic hydroxyl groups is 1. The Morgan fingerprint density at radius 2 is 1.45 bits per heavy atom. The second-order valence-corrected chi connectivity index (χ2v) is 7.83. The van der Waals surface area contributed by atoms with Crippen LogP contribution in [0.5, 0.6) is 5.75 Å². The lowest BCUT2D eigenvalue weighted by atomic mass is 9.84. The van der Waals surface area contributed by atoms with Crippen molar-refractivity contribution in [2.75, 3.05) is 0 Å². The molecule has 0 fully saturated rings. The van der Waals surface area contributed by atoms with Gasteiger partial charge in [-0.1, -0.05) is 74.5 Å². The number of ether oxygens (including phenoxy) is 1. The summed E-state index contributed by atoms with van der Waals surface area (Å²) in [4.78, 5) is 12.8. The van der Waals surface area contributed by atoms with Crippen molar-refractivity contribution in [2.24, 2.45) is 0 Å². The summed E-state index contributed by atoms with van der Waals surface area (Å²) in [6.07, 6.45) is 1.65. The van der Waals surface area contributed by atoms with E-state index in [4.69, 9.17) is 4.74 Å². The Morgan fingerprint density at radius 3 is 2.03 bits per heavy atom. The quantitative estimate of drug-likeness (QED) is 0.479. The molecule has 3 aromatic rings. The number of amides is 1. The Kier molecular flexibility index (Phi) is 7.85. The molecular weight excluding hydrogens is 386 g/mol. The molecule has 0 aliphatic carbocycles. The monoisotopic (exact) mass is 417 g/mol. The van der Waals surface area contributed by atoms with E-state index in [1.54, 1.807) is 12.1 Å². The number of nitrogens with one attached hydrogen (secondary N) is 1. The lowest BCUT2D eigenvalue weighted by Crippen LogP contribution is -2.53. The van der Waals surface area contributed by atoms with Crippen LogP contribution in [-0.4, -0.2) is 22.7 Å². The highest BCUT2D eigenvalue weighted by Crippen LogP contribution is 2.24. The molecule has 1 atom stereocenters. The third kappa shape index (κ3) is 6.19. The highest BCUT2D eigenvalue weighted by molar-refractivity contribution is 5.94. The minimum Gasteiger partial charge on any atom is -0.489 e. The SMILES string of the molecule is CCC(O)(CC)[C@H](Cc1ccc(OCc2ccccc2)cc1)NC(=O)c1ccccc1. The van der Waals surface area contributed by atoms with Crippen LogP contribution in [0.15, 0.2) is 84.9 Å². The largest absolute Gasteiger partial charge is 0.489 e. The molecule has 3 aromatic carbocycles. The number of rotatable bonds is 10. The van der Waals surface area contributed by atoms with Crippen LogP contribution in [-0.2, 0) is 13.0 Å². The number of hydrogen-bond acceptors (Lipinski definition) is 3. The van der Waals surface area contributed by atoms with Crippen LogP contribution >= 0.6 is 0 Å². The molecule has 0 aliphatic heterocycles. The maximum atomic E-state index is 12.8. The first-order chi connectivity index (χ1) is 15.0. The first-order valence-corrected chi connectivity index (χ1v) is 10.9. The zero-order chi connectivity index (χ0) is 22.1. The Labute approximate surface area is 184 Å².